The molecule has 0 bridgehead atoms. The maximum atomic E-state index is 11.6. The highest BCUT2D eigenvalue weighted by atomic mass is 16.5. The molecule has 0 aliphatic rings. The smallest absolute Gasteiger partial charge is 0.328 e. The Morgan fingerprint density at radius 1 is 1.11 bits per heavy atom. The van der Waals surface area contributed by atoms with Crippen molar-refractivity contribution in [1.82, 2.24) is 5.32 Å². The third-order valence-corrected chi connectivity index (χ3v) is 2.77. The van der Waals surface area contributed by atoms with Gasteiger partial charge in [0.15, 0.2) is 0 Å². The Balaban J connectivity index is 4.36. The molecule has 0 saturated heterocycles. The number of rotatable bonds is 7. The average molecular weight is 259 g/mol. The number of carbonyl (C=O) groups excluding carboxylic acids is 3. The Bertz CT molecular complexity index is 303. The lowest BCUT2D eigenvalue weighted by molar-refractivity contribution is -0.146. The molecule has 0 heterocycles. The lowest BCUT2D eigenvalue weighted by atomic mass is 9.99. The molecule has 104 valence electrons. The summed E-state index contributed by atoms with van der Waals surface area (Å²) in [5, 5.41) is 2.58. The third kappa shape index (κ3) is 5.65. The quantitative estimate of drug-likeness (QED) is 0.679. The number of esters is 2. The van der Waals surface area contributed by atoms with Gasteiger partial charge in [0.05, 0.1) is 20.6 Å². The fraction of sp³-hybridized carbons (Fsp3) is 0.750. The highest BCUT2D eigenvalue weighted by molar-refractivity contribution is 5.86. The summed E-state index contributed by atoms with van der Waals surface area (Å²) in [4.78, 5) is 34.0. The van der Waals surface area contributed by atoms with Gasteiger partial charge in [-0.05, 0) is 5.92 Å². The Morgan fingerprint density at radius 3 is 2.17 bits per heavy atom. The van der Waals surface area contributed by atoms with Gasteiger partial charge in [-0.1, -0.05) is 20.3 Å². The maximum absolute atomic E-state index is 11.6. The summed E-state index contributed by atoms with van der Waals surface area (Å²) in [6, 6.07) is -0.676. The topological polar surface area (TPSA) is 81.7 Å². The zero-order valence-electron chi connectivity index (χ0n) is 11.3. The molecular formula is C12H21NO5. The molecule has 18 heavy (non-hydrogen) atoms. The van der Waals surface area contributed by atoms with Gasteiger partial charge in [0.1, 0.15) is 6.04 Å². The van der Waals surface area contributed by atoms with Crippen molar-refractivity contribution in [3.8, 4) is 0 Å². The molecular weight excluding hydrogens is 238 g/mol. The van der Waals surface area contributed by atoms with E-state index >= 15 is 0 Å². The summed E-state index contributed by atoms with van der Waals surface area (Å²) < 4.78 is 9.07. The van der Waals surface area contributed by atoms with E-state index in [0.717, 1.165) is 6.42 Å². The highest BCUT2D eigenvalue weighted by Crippen LogP contribution is 2.09. The molecule has 0 fully saturated rings. The van der Waals surface area contributed by atoms with E-state index in [9.17, 15) is 14.4 Å². The lowest BCUT2D eigenvalue weighted by Gasteiger charge is -2.21. The maximum Gasteiger partial charge on any atom is 0.328 e. The van der Waals surface area contributed by atoms with Gasteiger partial charge >= 0.3 is 11.9 Å². The van der Waals surface area contributed by atoms with E-state index in [4.69, 9.17) is 0 Å². The minimum atomic E-state index is -0.676. The van der Waals surface area contributed by atoms with E-state index in [0.29, 0.717) is 0 Å². The minimum Gasteiger partial charge on any atom is -0.469 e. The van der Waals surface area contributed by atoms with Gasteiger partial charge in [0.2, 0.25) is 5.91 Å². The van der Waals surface area contributed by atoms with Gasteiger partial charge in [-0.3, -0.25) is 9.59 Å². The predicted molar refractivity (Wildman–Crippen MR) is 64.7 cm³/mol. The first-order chi connectivity index (χ1) is 8.46. The number of carbonyl (C=O) groups is 3. The number of ether oxygens (including phenoxy) is 2. The summed E-state index contributed by atoms with van der Waals surface area (Å²) in [5.41, 5.74) is 0. The van der Waals surface area contributed by atoms with E-state index in [1.54, 1.807) is 0 Å². The van der Waals surface area contributed by atoms with Crippen LogP contribution in [-0.2, 0) is 23.9 Å². The van der Waals surface area contributed by atoms with Gasteiger partial charge in [0, 0.05) is 6.42 Å². The van der Waals surface area contributed by atoms with Crippen LogP contribution in [0.5, 0.6) is 0 Å². The van der Waals surface area contributed by atoms with Crippen molar-refractivity contribution in [2.45, 2.75) is 39.2 Å². The Labute approximate surface area is 107 Å². The van der Waals surface area contributed by atoms with Gasteiger partial charge in [0.25, 0.3) is 0 Å². The van der Waals surface area contributed by atoms with Crippen LogP contribution in [0.15, 0.2) is 0 Å². The number of methoxy groups -OCH3 is 2. The van der Waals surface area contributed by atoms with E-state index in [-0.39, 0.29) is 24.7 Å². The molecule has 0 radical (unpaired) electrons. The summed E-state index contributed by atoms with van der Waals surface area (Å²) in [7, 11) is 2.54. The summed E-state index contributed by atoms with van der Waals surface area (Å²) in [5.74, 6) is -1.32. The largest absolute Gasteiger partial charge is 0.469 e. The second kappa shape index (κ2) is 8.49. The molecule has 0 aromatic heterocycles. The molecule has 2 atom stereocenters. The predicted octanol–water partition coefficient (Wildman–Crippen LogP) is 0.643. The SMILES string of the molecule is CC[C@@H](C)[C@@H](NC(=O)CCC(=O)OC)C(=O)OC. The molecule has 0 unspecified atom stereocenters. The van der Waals surface area contributed by atoms with Crippen molar-refractivity contribution < 1.29 is 23.9 Å². The van der Waals surface area contributed by atoms with Crippen LogP contribution in [0.3, 0.4) is 0 Å². The molecule has 0 aliphatic heterocycles. The van der Waals surface area contributed by atoms with Crippen LogP contribution in [0.2, 0.25) is 0 Å². The van der Waals surface area contributed by atoms with Crippen molar-refractivity contribution in [1.29, 1.82) is 0 Å². The minimum absolute atomic E-state index is 0.00324. The van der Waals surface area contributed by atoms with E-state index in [2.05, 4.69) is 14.8 Å². The molecule has 0 aromatic carbocycles. The summed E-state index contributed by atoms with van der Waals surface area (Å²) >= 11 is 0. The molecule has 0 rings (SSSR count). The monoisotopic (exact) mass is 259 g/mol. The number of amides is 1. The fourth-order valence-electron chi connectivity index (χ4n) is 1.36. The average Bonchev–Trinajstić information content (AvgIpc) is 2.40. The van der Waals surface area contributed by atoms with Gasteiger partial charge in [-0.15, -0.1) is 0 Å². The Kier molecular flexibility index (Phi) is 7.74. The van der Waals surface area contributed by atoms with E-state index in [1.807, 2.05) is 13.8 Å². The first-order valence-corrected chi connectivity index (χ1v) is 5.90. The van der Waals surface area contributed by atoms with E-state index < -0.39 is 18.0 Å². The molecule has 1 amide bonds. The number of nitrogens with one attached hydrogen (secondary N) is 1. The van der Waals surface area contributed by atoms with Crippen molar-refractivity contribution in [3.05, 3.63) is 0 Å². The summed E-state index contributed by atoms with van der Waals surface area (Å²) in [6.07, 6.45) is 0.727. The molecule has 0 saturated carbocycles. The third-order valence-electron chi connectivity index (χ3n) is 2.77. The zero-order valence-corrected chi connectivity index (χ0v) is 11.3. The molecule has 1 N–H and O–H groups in total. The first-order valence-electron chi connectivity index (χ1n) is 5.90. The van der Waals surface area contributed by atoms with Crippen molar-refractivity contribution in [2.24, 2.45) is 5.92 Å². The van der Waals surface area contributed by atoms with E-state index in [1.165, 1.54) is 14.2 Å². The Morgan fingerprint density at radius 2 is 1.72 bits per heavy atom. The van der Waals surface area contributed by atoms with Gasteiger partial charge in [-0.25, -0.2) is 4.79 Å². The van der Waals surface area contributed by atoms with Crippen molar-refractivity contribution >= 4 is 17.8 Å². The van der Waals surface area contributed by atoms with Crippen LogP contribution in [0.1, 0.15) is 33.1 Å². The van der Waals surface area contributed by atoms with Crippen LogP contribution in [-0.4, -0.2) is 38.1 Å². The van der Waals surface area contributed by atoms with Gasteiger partial charge in [-0.2, -0.15) is 0 Å². The van der Waals surface area contributed by atoms with Crippen molar-refractivity contribution in [2.75, 3.05) is 14.2 Å². The fourth-order valence-corrected chi connectivity index (χ4v) is 1.36. The van der Waals surface area contributed by atoms with Crippen molar-refractivity contribution in [3.63, 3.8) is 0 Å². The second-order valence-corrected chi connectivity index (χ2v) is 4.03. The Hall–Kier alpha value is -1.59. The molecule has 6 heteroatoms. The lowest BCUT2D eigenvalue weighted by Crippen LogP contribution is -2.45. The van der Waals surface area contributed by atoms with Gasteiger partial charge < -0.3 is 14.8 Å². The molecule has 0 aromatic rings. The standard InChI is InChI=1S/C12H21NO5/c1-5-8(2)11(12(16)18-4)13-9(14)6-7-10(15)17-3/h8,11H,5-7H2,1-4H3,(H,13,14)/t8-,11-/m1/s1. The van der Waals surface area contributed by atoms with Crippen LogP contribution in [0.25, 0.3) is 0 Å². The second-order valence-electron chi connectivity index (χ2n) is 4.03. The molecule has 6 nitrogen and oxygen atoms in total. The van der Waals surface area contributed by atoms with Crippen LogP contribution in [0, 0.1) is 5.92 Å². The van der Waals surface area contributed by atoms with Crippen LogP contribution >= 0.6 is 0 Å². The number of hydrogen-bond donors (Lipinski definition) is 1. The molecule has 0 spiro atoms. The highest BCUT2D eigenvalue weighted by Gasteiger charge is 2.26. The number of hydrogen-bond acceptors (Lipinski definition) is 5. The normalized spacial score (nSPS) is 13.3. The zero-order chi connectivity index (χ0) is 14.1. The van der Waals surface area contributed by atoms with Crippen LogP contribution in [0.4, 0.5) is 0 Å². The first kappa shape index (κ1) is 16.4. The molecule has 0 aliphatic carbocycles. The van der Waals surface area contributed by atoms with Crippen LogP contribution < -0.4 is 5.32 Å². The summed E-state index contributed by atoms with van der Waals surface area (Å²) in [6.45, 7) is 3.77.